The smallest absolute Gasteiger partial charge is 0.271 e. The van der Waals surface area contributed by atoms with Crippen LogP contribution in [0.1, 0.15) is 54.6 Å². The van der Waals surface area contributed by atoms with E-state index in [9.17, 15) is 9.59 Å². The predicted molar refractivity (Wildman–Crippen MR) is 107 cm³/mol. The van der Waals surface area contributed by atoms with E-state index >= 15 is 0 Å². The van der Waals surface area contributed by atoms with Gasteiger partial charge in [0.1, 0.15) is 5.69 Å². The number of fused-ring (bicyclic) bond motifs is 1. The normalized spacial score (nSPS) is 19.6. The van der Waals surface area contributed by atoms with Gasteiger partial charge in [0.25, 0.3) is 5.91 Å². The molecule has 2 amide bonds. The number of nitrogens with zero attached hydrogens (tertiary/aromatic N) is 3. The molecule has 1 atom stereocenters. The van der Waals surface area contributed by atoms with Crippen molar-refractivity contribution in [3.05, 3.63) is 54.1 Å². The molecule has 0 aromatic carbocycles. The second-order valence-electron chi connectivity index (χ2n) is 7.99. The Morgan fingerprint density at radius 1 is 1.21 bits per heavy atom. The second kappa shape index (κ2) is 8.59. The zero-order valence-electron chi connectivity index (χ0n) is 16.2. The third kappa shape index (κ3) is 4.26. The molecule has 28 heavy (non-hydrogen) atoms. The van der Waals surface area contributed by atoms with Crippen molar-refractivity contribution in [2.75, 3.05) is 6.54 Å². The first kappa shape index (κ1) is 18.7. The monoisotopic (exact) mass is 380 g/mol. The van der Waals surface area contributed by atoms with Crippen LogP contribution >= 0.6 is 0 Å². The van der Waals surface area contributed by atoms with E-state index in [1.165, 1.54) is 25.7 Å². The highest BCUT2D eigenvalue weighted by atomic mass is 16.2. The highest BCUT2D eigenvalue weighted by Gasteiger charge is 2.32. The summed E-state index contributed by atoms with van der Waals surface area (Å²) < 4.78 is 1.98. The summed E-state index contributed by atoms with van der Waals surface area (Å²) in [5, 5.41) is 3.07. The maximum Gasteiger partial charge on any atom is 0.271 e. The predicted octanol–water partition coefficient (Wildman–Crippen LogP) is 2.99. The fourth-order valence-corrected chi connectivity index (χ4v) is 4.42. The number of nitrogens with one attached hydrogen (secondary N) is 1. The van der Waals surface area contributed by atoms with Crippen molar-refractivity contribution < 1.29 is 9.59 Å². The Balaban J connectivity index is 1.39. The number of carbonyl (C=O) groups excluding carboxylic acids is 2. The van der Waals surface area contributed by atoms with E-state index in [1.807, 2.05) is 39.9 Å². The molecule has 6 nitrogen and oxygen atoms in total. The molecule has 6 heteroatoms. The van der Waals surface area contributed by atoms with Gasteiger partial charge in [0.2, 0.25) is 5.91 Å². The van der Waals surface area contributed by atoms with Gasteiger partial charge in [-0.25, -0.2) is 0 Å². The Kier molecular flexibility index (Phi) is 5.74. The van der Waals surface area contributed by atoms with Gasteiger partial charge < -0.3 is 14.8 Å². The molecule has 2 aromatic rings. The number of rotatable bonds is 7. The average Bonchev–Trinajstić information content (AvgIpc) is 3.40. The van der Waals surface area contributed by atoms with Crippen LogP contribution < -0.4 is 5.32 Å². The van der Waals surface area contributed by atoms with Gasteiger partial charge in [-0.2, -0.15) is 0 Å². The lowest BCUT2D eigenvalue weighted by Gasteiger charge is -2.36. The molecule has 1 fully saturated rings. The van der Waals surface area contributed by atoms with E-state index in [4.69, 9.17) is 0 Å². The summed E-state index contributed by atoms with van der Waals surface area (Å²) >= 11 is 0. The lowest BCUT2D eigenvalue weighted by molar-refractivity contribution is -0.121. The molecule has 1 saturated carbocycles. The minimum Gasteiger partial charge on any atom is -0.354 e. The molecule has 0 bridgehead atoms. The number of aromatic nitrogens is 2. The molecule has 1 N–H and O–H groups in total. The topological polar surface area (TPSA) is 67.2 Å². The molecule has 1 aliphatic carbocycles. The number of hydrogen-bond acceptors (Lipinski definition) is 3. The van der Waals surface area contributed by atoms with Crippen LogP contribution in [-0.2, 0) is 17.9 Å². The van der Waals surface area contributed by atoms with Crippen molar-refractivity contribution >= 4 is 11.8 Å². The van der Waals surface area contributed by atoms with Crippen LogP contribution in [0.25, 0.3) is 0 Å². The summed E-state index contributed by atoms with van der Waals surface area (Å²) in [6.07, 6.45) is 12.2. The van der Waals surface area contributed by atoms with Crippen LogP contribution in [0.4, 0.5) is 0 Å². The molecule has 0 saturated heterocycles. The van der Waals surface area contributed by atoms with E-state index in [0.717, 1.165) is 12.0 Å². The van der Waals surface area contributed by atoms with Gasteiger partial charge in [-0.3, -0.25) is 14.6 Å². The van der Waals surface area contributed by atoms with E-state index < -0.39 is 0 Å². The van der Waals surface area contributed by atoms with Crippen molar-refractivity contribution in [1.29, 1.82) is 0 Å². The fourth-order valence-electron chi connectivity index (χ4n) is 4.42. The fraction of sp³-hybridized carbons (Fsp3) is 0.500. The molecular weight excluding hydrogens is 352 g/mol. The maximum absolute atomic E-state index is 13.0. The molecule has 1 unspecified atom stereocenters. The summed E-state index contributed by atoms with van der Waals surface area (Å²) in [7, 11) is 0. The molecule has 0 spiro atoms. The van der Waals surface area contributed by atoms with E-state index in [-0.39, 0.29) is 17.9 Å². The third-order valence-corrected chi connectivity index (χ3v) is 6.02. The lowest BCUT2D eigenvalue weighted by atomic mass is 10.0. The third-order valence-electron chi connectivity index (χ3n) is 6.02. The Bertz CT molecular complexity index is 811. The Morgan fingerprint density at radius 3 is 2.86 bits per heavy atom. The van der Waals surface area contributed by atoms with Crippen molar-refractivity contribution in [1.82, 2.24) is 19.8 Å². The van der Waals surface area contributed by atoms with Crippen LogP contribution in [0.5, 0.6) is 0 Å². The molecule has 3 heterocycles. The summed E-state index contributed by atoms with van der Waals surface area (Å²) in [5.74, 6) is 0.816. The first-order valence-corrected chi connectivity index (χ1v) is 10.3. The molecule has 2 aromatic heterocycles. The maximum atomic E-state index is 13.0. The van der Waals surface area contributed by atoms with Gasteiger partial charge >= 0.3 is 0 Å². The highest BCUT2D eigenvalue weighted by Crippen LogP contribution is 2.28. The van der Waals surface area contributed by atoms with Crippen molar-refractivity contribution in [2.45, 2.75) is 57.7 Å². The zero-order chi connectivity index (χ0) is 19.3. The van der Waals surface area contributed by atoms with Gasteiger partial charge in [0, 0.05) is 44.6 Å². The molecule has 0 radical (unpaired) electrons. The van der Waals surface area contributed by atoms with Crippen molar-refractivity contribution in [3.8, 4) is 0 Å². The largest absolute Gasteiger partial charge is 0.354 e. The van der Waals surface area contributed by atoms with Gasteiger partial charge in [-0.1, -0.05) is 31.7 Å². The Hall–Kier alpha value is -2.63. The van der Waals surface area contributed by atoms with Crippen LogP contribution in [0.15, 0.2) is 42.9 Å². The first-order valence-electron chi connectivity index (χ1n) is 10.3. The highest BCUT2D eigenvalue weighted by molar-refractivity contribution is 5.93. The molecular formula is C22H28N4O2. The molecule has 2 aliphatic rings. The van der Waals surface area contributed by atoms with E-state index in [2.05, 4.69) is 10.3 Å². The SMILES string of the molecule is O=C(CCC1CCCC1)NCC1Cn2cccc2C(=O)N1Cc1cccnc1. The lowest BCUT2D eigenvalue weighted by Crippen LogP contribution is -2.52. The minimum absolute atomic E-state index is 0.00491. The quantitative estimate of drug-likeness (QED) is 0.803. The van der Waals surface area contributed by atoms with Crippen LogP contribution in [0, 0.1) is 5.92 Å². The summed E-state index contributed by atoms with van der Waals surface area (Å²) in [5.41, 5.74) is 1.70. The number of pyridine rings is 1. The molecule has 148 valence electrons. The summed E-state index contributed by atoms with van der Waals surface area (Å²) in [4.78, 5) is 31.4. The Morgan fingerprint density at radius 2 is 2.07 bits per heavy atom. The zero-order valence-corrected chi connectivity index (χ0v) is 16.2. The minimum atomic E-state index is -0.0666. The number of hydrogen-bond donors (Lipinski definition) is 1. The van der Waals surface area contributed by atoms with Crippen molar-refractivity contribution in [3.63, 3.8) is 0 Å². The van der Waals surface area contributed by atoms with Gasteiger partial charge in [0.05, 0.1) is 6.04 Å². The van der Waals surface area contributed by atoms with Crippen molar-refractivity contribution in [2.24, 2.45) is 5.92 Å². The van der Waals surface area contributed by atoms with E-state index in [1.54, 1.807) is 12.4 Å². The van der Waals surface area contributed by atoms with E-state index in [0.29, 0.717) is 37.7 Å². The summed E-state index contributed by atoms with van der Waals surface area (Å²) in [6.45, 7) is 1.67. The van der Waals surface area contributed by atoms with Crippen LogP contribution in [0.3, 0.4) is 0 Å². The molecule has 4 rings (SSSR count). The number of carbonyl (C=O) groups is 2. The van der Waals surface area contributed by atoms with Crippen LogP contribution in [-0.4, -0.2) is 38.9 Å². The average molecular weight is 380 g/mol. The van der Waals surface area contributed by atoms with Gasteiger partial charge in [0.15, 0.2) is 0 Å². The summed E-state index contributed by atoms with van der Waals surface area (Å²) in [6, 6.07) is 7.55. The Labute approximate surface area is 165 Å². The standard InChI is InChI=1S/C22H28N4O2/c27-21(10-9-17-5-1-2-6-17)24-14-19-16-25-12-4-8-20(25)22(28)26(19)15-18-7-3-11-23-13-18/h3-4,7-8,11-13,17,19H,1-2,5-6,9-10,14-16H2,(H,24,27). The van der Waals surface area contributed by atoms with Crippen LogP contribution in [0.2, 0.25) is 0 Å². The first-order chi connectivity index (χ1) is 13.7. The van der Waals surface area contributed by atoms with Gasteiger partial charge in [-0.05, 0) is 36.1 Å². The second-order valence-corrected chi connectivity index (χ2v) is 7.99. The number of amides is 2. The molecule has 1 aliphatic heterocycles. The van der Waals surface area contributed by atoms with Gasteiger partial charge in [-0.15, -0.1) is 0 Å².